The average molecular weight is 217 g/mol. The van der Waals surface area contributed by atoms with E-state index in [2.05, 4.69) is 17.2 Å². The van der Waals surface area contributed by atoms with Gasteiger partial charge in [-0.15, -0.1) is 0 Å². The summed E-state index contributed by atoms with van der Waals surface area (Å²) in [4.78, 5) is 11.7. The zero-order chi connectivity index (χ0) is 12.0. The molecular formula is C13H15NO2. The lowest BCUT2D eigenvalue weighted by Gasteiger charge is -2.05. The highest BCUT2D eigenvalue weighted by Gasteiger charge is 2.08. The molecule has 1 aromatic carbocycles. The smallest absolute Gasteiger partial charge is 0.252 e. The number of aliphatic hydroxyl groups is 1. The zero-order valence-corrected chi connectivity index (χ0v) is 9.50. The van der Waals surface area contributed by atoms with Gasteiger partial charge in [-0.25, -0.2) is 0 Å². The van der Waals surface area contributed by atoms with E-state index in [0.717, 1.165) is 5.56 Å². The molecule has 0 aromatic heterocycles. The molecule has 0 unspecified atom stereocenters. The summed E-state index contributed by atoms with van der Waals surface area (Å²) in [6.07, 6.45) is 0. The normalized spacial score (nSPS) is 9.19. The molecule has 0 fully saturated rings. The van der Waals surface area contributed by atoms with Gasteiger partial charge in [0.25, 0.3) is 5.91 Å². The topological polar surface area (TPSA) is 49.3 Å². The summed E-state index contributed by atoms with van der Waals surface area (Å²) in [5.74, 6) is 5.20. The van der Waals surface area contributed by atoms with E-state index in [1.54, 1.807) is 6.07 Å². The number of hydrogen-bond donors (Lipinski definition) is 2. The molecule has 16 heavy (non-hydrogen) atoms. The fourth-order valence-electron chi connectivity index (χ4n) is 1.35. The monoisotopic (exact) mass is 217 g/mol. The molecule has 0 heterocycles. The number of rotatable bonds is 2. The van der Waals surface area contributed by atoms with Crippen LogP contribution in [0.5, 0.6) is 0 Å². The molecule has 3 heteroatoms. The minimum Gasteiger partial charge on any atom is -0.384 e. The van der Waals surface area contributed by atoms with Gasteiger partial charge in [-0.05, 0) is 31.5 Å². The minimum absolute atomic E-state index is 0.135. The van der Waals surface area contributed by atoms with E-state index in [0.29, 0.717) is 17.7 Å². The Balaban J connectivity index is 3.12. The maximum absolute atomic E-state index is 11.7. The first-order valence-corrected chi connectivity index (χ1v) is 5.17. The van der Waals surface area contributed by atoms with Crippen LogP contribution in [-0.2, 0) is 0 Å². The maximum Gasteiger partial charge on any atom is 0.252 e. The molecular weight excluding hydrogens is 202 g/mol. The third-order valence-electron chi connectivity index (χ3n) is 2.06. The van der Waals surface area contributed by atoms with Crippen molar-refractivity contribution in [1.29, 1.82) is 0 Å². The Bertz CT molecular complexity index is 441. The van der Waals surface area contributed by atoms with Crippen molar-refractivity contribution < 1.29 is 9.90 Å². The lowest BCUT2D eigenvalue weighted by Crippen LogP contribution is -2.23. The lowest BCUT2D eigenvalue weighted by atomic mass is 10.0. The molecule has 0 aliphatic heterocycles. The summed E-state index contributed by atoms with van der Waals surface area (Å²) < 4.78 is 0. The number of nitrogens with one attached hydrogen (secondary N) is 1. The zero-order valence-electron chi connectivity index (χ0n) is 9.50. The second-order valence-corrected chi connectivity index (χ2v) is 3.37. The van der Waals surface area contributed by atoms with Gasteiger partial charge in [-0.3, -0.25) is 4.79 Å². The summed E-state index contributed by atoms with van der Waals surface area (Å²) in [7, 11) is 0. The minimum atomic E-state index is -0.206. The summed E-state index contributed by atoms with van der Waals surface area (Å²) in [6, 6.07) is 5.46. The molecule has 84 valence electrons. The van der Waals surface area contributed by atoms with Crippen molar-refractivity contribution in [2.45, 2.75) is 13.8 Å². The van der Waals surface area contributed by atoms with Gasteiger partial charge in [-0.1, -0.05) is 17.9 Å². The van der Waals surface area contributed by atoms with Gasteiger partial charge in [0, 0.05) is 12.1 Å². The Hall–Kier alpha value is -1.79. The van der Waals surface area contributed by atoms with Crippen molar-refractivity contribution >= 4 is 5.91 Å². The predicted molar refractivity (Wildman–Crippen MR) is 63.2 cm³/mol. The van der Waals surface area contributed by atoms with E-state index in [4.69, 9.17) is 5.11 Å². The molecule has 0 bridgehead atoms. The number of amides is 1. The highest BCUT2D eigenvalue weighted by atomic mass is 16.2. The third kappa shape index (κ3) is 3.11. The van der Waals surface area contributed by atoms with E-state index in [9.17, 15) is 4.79 Å². The van der Waals surface area contributed by atoms with Crippen molar-refractivity contribution in [3.05, 3.63) is 34.9 Å². The largest absolute Gasteiger partial charge is 0.384 e. The molecule has 0 spiro atoms. The molecule has 0 radical (unpaired) electrons. The van der Waals surface area contributed by atoms with E-state index >= 15 is 0 Å². The van der Waals surface area contributed by atoms with Gasteiger partial charge in [-0.2, -0.15) is 0 Å². The molecule has 1 aromatic rings. The van der Waals surface area contributed by atoms with Crippen LogP contribution >= 0.6 is 0 Å². The first-order chi connectivity index (χ1) is 7.69. The highest BCUT2D eigenvalue weighted by Crippen LogP contribution is 2.10. The molecule has 0 saturated heterocycles. The van der Waals surface area contributed by atoms with Crippen molar-refractivity contribution in [2.24, 2.45) is 0 Å². The Morgan fingerprint density at radius 1 is 1.50 bits per heavy atom. The molecule has 1 rings (SSSR count). The first kappa shape index (κ1) is 12.3. The van der Waals surface area contributed by atoms with Crippen molar-refractivity contribution in [3.63, 3.8) is 0 Å². The van der Waals surface area contributed by atoms with Gasteiger partial charge in [0.05, 0.1) is 5.56 Å². The van der Waals surface area contributed by atoms with Crippen molar-refractivity contribution in [2.75, 3.05) is 13.2 Å². The molecule has 0 atom stereocenters. The van der Waals surface area contributed by atoms with Crippen LogP contribution in [0.1, 0.15) is 28.4 Å². The van der Waals surface area contributed by atoms with Crippen LogP contribution in [0.25, 0.3) is 0 Å². The molecule has 0 aliphatic rings. The summed E-state index contributed by atoms with van der Waals surface area (Å²) in [6.45, 7) is 4.18. The number of hydrogen-bond acceptors (Lipinski definition) is 2. The van der Waals surface area contributed by atoms with Gasteiger partial charge in [0.15, 0.2) is 0 Å². The molecule has 2 N–H and O–H groups in total. The second-order valence-electron chi connectivity index (χ2n) is 3.37. The van der Waals surface area contributed by atoms with Gasteiger partial charge >= 0.3 is 0 Å². The van der Waals surface area contributed by atoms with Crippen LogP contribution in [-0.4, -0.2) is 24.2 Å². The van der Waals surface area contributed by atoms with Crippen LogP contribution < -0.4 is 5.32 Å². The summed E-state index contributed by atoms with van der Waals surface area (Å²) >= 11 is 0. The van der Waals surface area contributed by atoms with Crippen LogP contribution in [0.2, 0.25) is 0 Å². The van der Waals surface area contributed by atoms with Gasteiger partial charge in [0.2, 0.25) is 0 Å². The molecule has 0 saturated carbocycles. The van der Waals surface area contributed by atoms with Crippen LogP contribution in [0.15, 0.2) is 18.2 Å². The Labute approximate surface area is 95.5 Å². The number of aliphatic hydroxyl groups excluding tert-OH is 1. The standard InChI is InChI=1S/C13H15NO2/c1-3-14-13(16)12-7-6-10(2)9-11(12)5-4-8-15/h6-7,9,15H,3,8H2,1-2H3,(H,14,16). The third-order valence-corrected chi connectivity index (χ3v) is 2.06. The van der Waals surface area contributed by atoms with Gasteiger partial charge < -0.3 is 10.4 Å². The average Bonchev–Trinajstić information content (AvgIpc) is 2.26. The number of benzene rings is 1. The Morgan fingerprint density at radius 2 is 2.25 bits per heavy atom. The predicted octanol–water partition coefficient (Wildman–Crippen LogP) is 1.09. The second kappa shape index (κ2) is 5.94. The van der Waals surface area contributed by atoms with E-state index in [1.807, 2.05) is 26.0 Å². The Kier molecular flexibility index (Phi) is 4.56. The molecule has 1 amide bonds. The molecule has 3 nitrogen and oxygen atoms in total. The Morgan fingerprint density at radius 3 is 2.88 bits per heavy atom. The fraction of sp³-hybridized carbons (Fsp3) is 0.308. The fourth-order valence-corrected chi connectivity index (χ4v) is 1.35. The summed E-state index contributed by atoms with van der Waals surface area (Å²) in [5, 5.41) is 11.4. The number of carbonyl (C=O) groups is 1. The quantitative estimate of drug-likeness (QED) is 0.728. The first-order valence-electron chi connectivity index (χ1n) is 5.17. The van der Waals surface area contributed by atoms with E-state index in [-0.39, 0.29) is 12.5 Å². The SMILES string of the molecule is CCNC(=O)c1ccc(C)cc1C#CCO. The number of carbonyl (C=O) groups excluding carboxylic acids is 1. The lowest BCUT2D eigenvalue weighted by molar-refractivity contribution is 0.0955. The maximum atomic E-state index is 11.7. The van der Waals surface area contributed by atoms with Crippen molar-refractivity contribution in [1.82, 2.24) is 5.32 Å². The van der Waals surface area contributed by atoms with Crippen LogP contribution in [0, 0.1) is 18.8 Å². The van der Waals surface area contributed by atoms with Crippen molar-refractivity contribution in [3.8, 4) is 11.8 Å². The molecule has 0 aliphatic carbocycles. The van der Waals surface area contributed by atoms with Crippen LogP contribution in [0.4, 0.5) is 0 Å². The van der Waals surface area contributed by atoms with E-state index in [1.165, 1.54) is 0 Å². The van der Waals surface area contributed by atoms with E-state index < -0.39 is 0 Å². The highest BCUT2D eigenvalue weighted by molar-refractivity contribution is 5.96. The number of aryl methyl sites for hydroxylation is 1. The summed E-state index contributed by atoms with van der Waals surface area (Å²) in [5.41, 5.74) is 2.24. The van der Waals surface area contributed by atoms with Crippen LogP contribution in [0.3, 0.4) is 0 Å². The van der Waals surface area contributed by atoms with Gasteiger partial charge in [0.1, 0.15) is 6.61 Å².